The van der Waals surface area contributed by atoms with Gasteiger partial charge >= 0.3 is 0 Å². The predicted octanol–water partition coefficient (Wildman–Crippen LogP) is 1.20. The molecular formula is C15H15N3O3S2. The van der Waals surface area contributed by atoms with Crippen LogP contribution in [0.1, 0.15) is 12.0 Å². The minimum absolute atomic E-state index is 0.0863. The van der Waals surface area contributed by atoms with Gasteiger partial charge in [0.05, 0.1) is 23.6 Å². The molecule has 2 saturated heterocycles. The Balaban J connectivity index is 1.88. The highest BCUT2D eigenvalue weighted by molar-refractivity contribution is 8.15. The molecule has 8 heteroatoms. The number of amides is 1. The van der Waals surface area contributed by atoms with Gasteiger partial charge in [-0.2, -0.15) is 10.3 Å². The van der Waals surface area contributed by atoms with Gasteiger partial charge in [-0.15, -0.1) is 0 Å². The summed E-state index contributed by atoms with van der Waals surface area (Å²) < 4.78 is 23.8. The summed E-state index contributed by atoms with van der Waals surface area (Å²) in [7, 11) is -3.05. The molecule has 1 amide bonds. The molecule has 2 fully saturated rings. The van der Waals surface area contributed by atoms with E-state index >= 15 is 0 Å². The zero-order chi connectivity index (χ0) is 16.4. The Hall–Kier alpha value is -1.85. The Morgan fingerprint density at radius 2 is 2.09 bits per heavy atom. The number of hydrogen-bond donors (Lipinski definition) is 0. The third-order valence-electron chi connectivity index (χ3n) is 3.82. The second-order valence-electron chi connectivity index (χ2n) is 5.54. The first-order valence-corrected chi connectivity index (χ1v) is 9.85. The summed E-state index contributed by atoms with van der Waals surface area (Å²) in [6.07, 6.45) is -0.267. The van der Waals surface area contributed by atoms with Crippen molar-refractivity contribution in [1.29, 1.82) is 5.26 Å². The van der Waals surface area contributed by atoms with E-state index in [-0.39, 0.29) is 29.2 Å². The van der Waals surface area contributed by atoms with Gasteiger partial charge in [0.1, 0.15) is 6.42 Å². The summed E-state index contributed by atoms with van der Waals surface area (Å²) in [5.74, 6) is -0.293. The number of carbonyl (C=O) groups is 1. The van der Waals surface area contributed by atoms with Crippen LogP contribution >= 0.6 is 11.8 Å². The van der Waals surface area contributed by atoms with Gasteiger partial charge in [0.25, 0.3) is 5.91 Å². The molecule has 0 spiro atoms. The SMILES string of the molecule is N#CCC(=O)N=C1S[C@@H]2CS(=O)(=O)C[C@H]2N1Cc1ccccc1. The summed E-state index contributed by atoms with van der Waals surface area (Å²) in [6.45, 7) is 0.503. The number of sulfone groups is 1. The van der Waals surface area contributed by atoms with Crippen LogP contribution in [0.2, 0.25) is 0 Å². The monoisotopic (exact) mass is 349 g/mol. The second-order valence-corrected chi connectivity index (χ2v) is 8.90. The number of nitriles is 1. The maximum absolute atomic E-state index is 11.9. The average molecular weight is 349 g/mol. The standard InChI is InChI=1S/C15H15N3O3S2/c16-7-6-14(19)17-15-18(8-11-4-2-1-3-5-11)12-9-23(20,21)10-13(12)22-15/h1-5,12-13H,6,8-10H2/t12-,13-/m1/s1. The molecule has 6 nitrogen and oxygen atoms in total. The van der Waals surface area contributed by atoms with Crippen LogP contribution < -0.4 is 0 Å². The lowest BCUT2D eigenvalue weighted by Gasteiger charge is -2.24. The number of nitrogens with zero attached hydrogens (tertiary/aromatic N) is 3. The van der Waals surface area contributed by atoms with Crippen molar-refractivity contribution in [2.45, 2.75) is 24.3 Å². The molecule has 0 aliphatic carbocycles. The van der Waals surface area contributed by atoms with E-state index in [0.29, 0.717) is 11.7 Å². The van der Waals surface area contributed by atoms with Crippen molar-refractivity contribution in [2.75, 3.05) is 11.5 Å². The molecule has 2 atom stereocenters. The molecule has 2 aliphatic heterocycles. The zero-order valence-electron chi connectivity index (χ0n) is 12.3. The van der Waals surface area contributed by atoms with E-state index in [2.05, 4.69) is 4.99 Å². The van der Waals surface area contributed by atoms with Crippen LogP contribution in [0, 0.1) is 11.3 Å². The second kappa shape index (κ2) is 6.34. The smallest absolute Gasteiger partial charge is 0.262 e. The van der Waals surface area contributed by atoms with Crippen molar-refractivity contribution >= 4 is 32.7 Å². The number of thioether (sulfide) groups is 1. The first-order chi connectivity index (χ1) is 11.0. The van der Waals surface area contributed by atoms with Crippen LogP contribution in [-0.2, 0) is 21.2 Å². The molecule has 1 aromatic rings. The molecule has 0 N–H and O–H groups in total. The van der Waals surface area contributed by atoms with Crippen molar-refractivity contribution in [1.82, 2.24) is 4.90 Å². The summed E-state index contributed by atoms with van der Waals surface area (Å²) in [5.41, 5.74) is 1.03. The topological polar surface area (TPSA) is 90.6 Å². The molecule has 120 valence electrons. The largest absolute Gasteiger partial charge is 0.342 e. The first-order valence-electron chi connectivity index (χ1n) is 7.14. The quantitative estimate of drug-likeness (QED) is 0.814. The highest BCUT2D eigenvalue weighted by Gasteiger charge is 2.48. The molecule has 0 bridgehead atoms. The van der Waals surface area contributed by atoms with Crippen LogP contribution in [0.4, 0.5) is 0 Å². The van der Waals surface area contributed by atoms with E-state index in [0.717, 1.165) is 5.56 Å². The van der Waals surface area contributed by atoms with E-state index in [4.69, 9.17) is 5.26 Å². The fourth-order valence-corrected chi connectivity index (χ4v) is 6.78. The van der Waals surface area contributed by atoms with E-state index in [1.54, 1.807) is 6.07 Å². The van der Waals surface area contributed by atoms with Crippen LogP contribution in [0.5, 0.6) is 0 Å². The number of amidine groups is 1. The normalized spacial score (nSPS) is 26.9. The van der Waals surface area contributed by atoms with E-state index in [1.165, 1.54) is 11.8 Å². The molecule has 0 saturated carbocycles. The lowest BCUT2D eigenvalue weighted by molar-refractivity contribution is -0.116. The van der Waals surface area contributed by atoms with E-state index in [9.17, 15) is 13.2 Å². The van der Waals surface area contributed by atoms with Crippen molar-refractivity contribution in [3.05, 3.63) is 35.9 Å². The van der Waals surface area contributed by atoms with Gasteiger partial charge in [-0.1, -0.05) is 42.1 Å². The van der Waals surface area contributed by atoms with E-state index < -0.39 is 15.7 Å². The Morgan fingerprint density at radius 1 is 1.35 bits per heavy atom. The van der Waals surface area contributed by atoms with Gasteiger partial charge in [-0.05, 0) is 5.56 Å². The van der Waals surface area contributed by atoms with E-state index in [1.807, 2.05) is 35.2 Å². The van der Waals surface area contributed by atoms with Gasteiger partial charge in [0.2, 0.25) is 0 Å². The minimum Gasteiger partial charge on any atom is -0.342 e. The molecule has 2 heterocycles. The highest BCUT2D eigenvalue weighted by Crippen LogP contribution is 2.39. The number of fused-ring (bicyclic) bond motifs is 1. The maximum Gasteiger partial charge on any atom is 0.262 e. The number of benzene rings is 1. The summed E-state index contributed by atoms with van der Waals surface area (Å²) >= 11 is 1.33. The lowest BCUT2D eigenvalue weighted by Crippen LogP contribution is -2.37. The number of aliphatic imine (C=N–C) groups is 1. The van der Waals surface area contributed by atoms with Crippen LogP contribution in [0.25, 0.3) is 0 Å². The van der Waals surface area contributed by atoms with Gasteiger partial charge in [0.15, 0.2) is 15.0 Å². The molecule has 0 unspecified atom stereocenters. The Kier molecular flexibility index (Phi) is 4.41. The summed E-state index contributed by atoms with van der Waals surface area (Å²) in [4.78, 5) is 17.6. The molecule has 0 aromatic heterocycles. The number of hydrogen-bond acceptors (Lipinski definition) is 5. The molecule has 3 rings (SSSR count). The summed E-state index contributed by atoms with van der Waals surface area (Å²) in [6, 6.07) is 11.3. The molecular weight excluding hydrogens is 334 g/mol. The lowest BCUT2D eigenvalue weighted by atomic mass is 10.1. The first kappa shape index (κ1) is 16.0. The van der Waals surface area contributed by atoms with Gasteiger partial charge in [0, 0.05) is 11.8 Å². The Morgan fingerprint density at radius 3 is 2.78 bits per heavy atom. The van der Waals surface area contributed by atoms with Crippen molar-refractivity contribution < 1.29 is 13.2 Å². The number of carbonyl (C=O) groups excluding carboxylic acids is 1. The van der Waals surface area contributed by atoms with Crippen LogP contribution in [0.3, 0.4) is 0 Å². The molecule has 1 aromatic carbocycles. The van der Waals surface area contributed by atoms with Gasteiger partial charge in [-0.3, -0.25) is 4.79 Å². The molecule has 23 heavy (non-hydrogen) atoms. The molecule has 0 radical (unpaired) electrons. The van der Waals surface area contributed by atoms with Gasteiger partial charge in [-0.25, -0.2) is 8.42 Å². The maximum atomic E-state index is 11.9. The number of rotatable bonds is 3. The fraction of sp³-hybridized carbons (Fsp3) is 0.400. The van der Waals surface area contributed by atoms with Crippen LogP contribution in [-0.4, -0.2) is 47.2 Å². The zero-order valence-corrected chi connectivity index (χ0v) is 13.9. The summed E-state index contributed by atoms with van der Waals surface area (Å²) in [5, 5.41) is 9.03. The Labute approximate surface area is 139 Å². The third kappa shape index (κ3) is 3.57. The fourth-order valence-electron chi connectivity index (χ4n) is 2.81. The predicted molar refractivity (Wildman–Crippen MR) is 88.5 cm³/mol. The molecule has 2 aliphatic rings. The van der Waals surface area contributed by atoms with Crippen molar-refractivity contribution in [3.63, 3.8) is 0 Å². The van der Waals surface area contributed by atoms with Crippen molar-refractivity contribution in [3.8, 4) is 6.07 Å². The Bertz CT molecular complexity index is 784. The minimum atomic E-state index is -3.05. The van der Waals surface area contributed by atoms with Crippen molar-refractivity contribution in [2.24, 2.45) is 4.99 Å². The average Bonchev–Trinajstić information content (AvgIpc) is 2.94. The third-order valence-corrected chi connectivity index (χ3v) is 7.07. The highest BCUT2D eigenvalue weighted by atomic mass is 32.2. The van der Waals surface area contributed by atoms with Gasteiger partial charge < -0.3 is 4.90 Å². The van der Waals surface area contributed by atoms with Crippen LogP contribution in [0.15, 0.2) is 35.3 Å².